The predicted molar refractivity (Wildman–Crippen MR) is 67.6 cm³/mol. The van der Waals surface area contributed by atoms with Gasteiger partial charge in [-0.2, -0.15) is 0 Å². The van der Waals surface area contributed by atoms with Crippen molar-refractivity contribution < 1.29 is 22.3 Å². The van der Waals surface area contributed by atoms with E-state index in [9.17, 15) is 17.6 Å². The molecule has 1 aromatic carbocycles. The number of benzene rings is 1. The molecule has 0 unspecified atom stereocenters. The summed E-state index contributed by atoms with van der Waals surface area (Å²) >= 11 is 0. The summed E-state index contributed by atoms with van der Waals surface area (Å²) in [7, 11) is -2.49. The van der Waals surface area contributed by atoms with Crippen LogP contribution in [0, 0.1) is 12.7 Å². The quantitative estimate of drug-likeness (QED) is 0.634. The van der Waals surface area contributed by atoms with E-state index in [1.165, 1.54) is 19.2 Å². The molecule has 0 saturated heterocycles. The highest BCUT2D eigenvalue weighted by atomic mass is 32.2. The Balaban J connectivity index is 2.66. The molecule has 0 spiro atoms. The van der Waals surface area contributed by atoms with Crippen molar-refractivity contribution in [3.63, 3.8) is 0 Å². The van der Waals surface area contributed by atoms with Crippen LogP contribution in [0.25, 0.3) is 0 Å². The average Bonchev–Trinajstić information content (AvgIpc) is 2.37. The molecule has 1 N–H and O–H groups in total. The summed E-state index contributed by atoms with van der Waals surface area (Å²) in [5, 5.41) is 0. The van der Waals surface area contributed by atoms with Crippen molar-refractivity contribution in [3.05, 3.63) is 29.6 Å². The topological polar surface area (TPSA) is 72.5 Å². The molecule has 0 atom stereocenters. The number of ether oxygens (including phenoxy) is 1. The van der Waals surface area contributed by atoms with Gasteiger partial charge < -0.3 is 4.74 Å². The van der Waals surface area contributed by atoms with E-state index < -0.39 is 21.8 Å². The molecule has 5 nitrogen and oxygen atoms in total. The van der Waals surface area contributed by atoms with Crippen LogP contribution in [0.4, 0.5) is 4.39 Å². The van der Waals surface area contributed by atoms with Gasteiger partial charge >= 0.3 is 5.97 Å². The van der Waals surface area contributed by atoms with Crippen LogP contribution in [-0.4, -0.2) is 28.0 Å². The Kier molecular flexibility index (Phi) is 5.44. The van der Waals surface area contributed by atoms with E-state index in [1.807, 2.05) is 0 Å². The fourth-order valence-corrected chi connectivity index (χ4v) is 2.81. The van der Waals surface area contributed by atoms with Gasteiger partial charge in [-0.3, -0.25) is 4.79 Å². The Morgan fingerprint density at radius 2 is 2.11 bits per heavy atom. The van der Waals surface area contributed by atoms with E-state index in [0.717, 1.165) is 6.07 Å². The summed E-state index contributed by atoms with van der Waals surface area (Å²) in [6.07, 6.45) is 0.446. The largest absolute Gasteiger partial charge is 0.469 e. The van der Waals surface area contributed by atoms with Crippen LogP contribution >= 0.6 is 0 Å². The maximum Gasteiger partial charge on any atom is 0.305 e. The van der Waals surface area contributed by atoms with E-state index in [4.69, 9.17) is 0 Å². The van der Waals surface area contributed by atoms with E-state index in [0.29, 0.717) is 12.0 Å². The van der Waals surface area contributed by atoms with Crippen LogP contribution < -0.4 is 4.72 Å². The van der Waals surface area contributed by atoms with E-state index in [1.54, 1.807) is 6.92 Å². The van der Waals surface area contributed by atoms with Crippen molar-refractivity contribution >= 4 is 16.0 Å². The molecule has 0 fully saturated rings. The summed E-state index contributed by atoms with van der Waals surface area (Å²) in [6, 6.07) is 3.57. The molecule has 0 aliphatic carbocycles. The van der Waals surface area contributed by atoms with Crippen molar-refractivity contribution in [3.8, 4) is 0 Å². The van der Waals surface area contributed by atoms with Gasteiger partial charge in [-0.25, -0.2) is 17.5 Å². The second kappa shape index (κ2) is 6.63. The summed E-state index contributed by atoms with van der Waals surface area (Å²) in [4.78, 5) is 10.8. The van der Waals surface area contributed by atoms with Crippen LogP contribution in [0.5, 0.6) is 0 Å². The fourth-order valence-electron chi connectivity index (χ4n) is 1.48. The molecule has 19 heavy (non-hydrogen) atoms. The van der Waals surface area contributed by atoms with Crippen LogP contribution in [-0.2, 0) is 19.6 Å². The minimum atomic E-state index is -3.76. The second-order valence-corrected chi connectivity index (χ2v) is 5.72. The van der Waals surface area contributed by atoms with E-state index >= 15 is 0 Å². The Bertz CT molecular complexity index is 557. The minimum Gasteiger partial charge on any atom is -0.469 e. The lowest BCUT2D eigenvalue weighted by atomic mass is 10.2. The summed E-state index contributed by atoms with van der Waals surface area (Å²) in [6.45, 7) is 1.68. The number of carbonyl (C=O) groups excluding carboxylic acids is 1. The highest BCUT2D eigenvalue weighted by molar-refractivity contribution is 7.89. The first-order chi connectivity index (χ1) is 8.86. The lowest BCUT2D eigenvalue weighted by Gasteiger charge is -2.09. The number of methoxy groups -OCH3 is 1. The van der Waals surface area contributed by atoms with Gasteiger partial charge in [-0.15, -0.1) is 0 Å². The van der Waals surface area contributed by atoms with Crippen LogP contribution in [0.2, 0.25) is 0 Å². The predicted octanol–water partition coefficient (Wildman–Crippen LogP) is 1.37. The Morgan fingerprint density at radius 1 is 1.42 bits per heavy atom. The van der Waals surface area contributed by atoms with Crippen molar-refractivity contribution in [1.82, 2.24) is 4.72 Å². The van der Waals surface area contributed by atoms with Crippen LogP contribution in [0.3, 0.4) is 0 Å². The van der Waals surface area contributed by atoms with Crippen molar-refractivity contribution in [2.45, 2.75) is 24.7 Å². The molecule has 0 bridgehead atoms. The first-order valence-corrected chi connectivity index (χ1v) is 7.18. The third kappa shape index (κ3) is 4.60. The zero-order chi connectivity index (χ0) is 14.5. The molecule has 0 radical (unpaired) electrons. The summed E-state index contributed by atoms with van der Waals surface area (Å²) in [5.41, 5.74) is 0.460. The SMILES string of the molecule is COC(=O)CCCNS(=O)(=O)c1cc(F)ccc1C. The van der Waals surface area contributed by atoms with Gasteiger partial charge in [0, 0.05) is 13.0 Å². The number of rotatable bonds is 6. The summed E-state index contributed by atoms with van der Waals surface area (Å²) in [5.74, 6) is -1.01. The van der Waals surface area contributed by atoms with Gasteiger partial charge in [0.25, 0.3) is 0 Å². The van der Waals surface area contributed by atoms with E-state index in [-0.39, 0.29) is 17.9 Å². The van der Waals surface area contributed by atoms with Crippen LogP contribution in [0.1, 0.15) is 18.4 Å². The first-order valence-electron chi connectivity index (χ1n) is 5.69. The highest BCUT2D eigenvalue weighted by Gasteiger charge is 2.17. The molecule has 106 valence electrons. The second-order valence-electron chi connectivity index (χ2n) is 3.99. The van der Waals surface area contributed by atoms with Crippen molar-refractivity contribution in [1.29, 1.82) is 0 Å². The lowest BCUT2D eigenvalue weighted by Crippen LogP contribution is -2.26. The molecule has 0 saturated carbocycles. The first kappa shape index (κ1) is 15.6. The third-order valence-corrected chi connectivity index (χ3v) is 4.12. The summed E-state index contributed by atoms with van der Waals surface area (Å²) < 4.78 is 43.7. The number of sulfonamides is 1. The number of hydrogen-bond donors (Lipinski definition) is 1. The molecular formula is C12H16FNO4S. The fraction of sp³-hybridized carbons (Fsp3) is 0.417. The standard InChI is InChI=1S/C12H16FNO4S/c1-9-5-6-10(13)8-11(9)19(16,17)14-7-3-4-12(15)18-2/h5-6,8,14H,3-4,7H2,1-2H3. The maximum absolute atomic E-state index is 13.1. The maximum atomic E-state index is 13.1. The molecule has 1 aromatic rings. The number of esters is 1. The van der Waals surface area contributed by atoms with Gasteiger partial charge in [0.2, 0.25) is 10.0 Å². The normalized spacial score (nSPS) is 11.3. The minimum absolute atomic E-state index is 0.0907. The van der Waals surface area contributed by atoms with Gasteiger partial charge in [0.1, 0.15) is 5.82 Å². The third-order valence-electron chi connectivity index (χ3n) is 2.52. The van der Waals surface area contributed by atoms with Gasteiger partial charge in [-0.05, 0) is 31.0 Å². The average molecular weight is 289 g/mol. The highest BCUT2D eigenvalue weighted by Crippen LogP contribution is 2.16. The molecular weight excluding hydrogens is 273 g/mol. The van der Waals surface area contributed by atoms with Gasteiger partial charge in [0.05, 0.1) is 12.0 Å². The zero-order valence-corrected chi connectivity index (χ0v) is 11.6. The Hall–Kier alpha value is -1.47. The van der Waals surface area contributed by atoms with Gasteiger partial charge in [-0.1, -0.05) is 6.07 Å². The number of aryl methyl sites for hydroxylation is 1. The number of nitrogens with one attached hydrogen (secondary N) is 1. The molecule has 0 heterocycles. The molecule has 0 aliphatic rings. The van der Waals surface area contributed by atoms with Crippen molar-refractivity contribution in [2.75, 3.05) is 13.7 Å². The smallest absolute Gasteiger partial charge is 0.305 e. The number of hydrogen-bond acceptors (Lipinski definition) is 4. The van der Waals surface area contributed by atoms with Gasteiger partial charge in [0.15, 0.2) is 0 Å². The van der Waals surface area contributed by atoms with E-state index in [2.05, 4.69) is 9.46 Å². The Labute approximate surface area is 111 Å². The molecule has 7 heteroatoms. The number of carbonyl (C=O) groups is 1. The monoisotopic (exact) mass is 289 g/mol. The molecule has 0 amide bonds. The van der Waals surface area contributed by atoms with Crippen molar-refractivity contribution in [2.24, 2.45) is 0 Å². The molecule has 0 aromatic heterocycles. The Morgan fingerprint density at radius 3 is 2.74 bits per heavy atom. The lowest BCUT2D eigenvalue weighted by molar-refractivity contribution is -0.140. The number of halogens is 1. The zero-order valence-electron chi connectivity index (χ0n) is 10.8. The van der Waals surface area contributed by atoms with Crippen LogP contribution in [0.15, 0.2) is 23.1 Å². The molecule has 1 rings (SSSR count). The molecule has 0 aliphatic heterocycles.